The summed E-state index contributed by atoms with van der Waals surface area (Å²) in [7, 11) is 2.01. The Balaban J connectivity index is 1.54. The Labute approximate surface area is 161 Å². The van der Waals surface area contributed by atoms with Crippen LogP contribution in [0.2, 0.25) is 0 Å². The second-order valence-electron chi connectivity index (χ2n) is 7.54. The number of hydrogen-bond donors (Lipinski definition) is 2. The summed E-state index contributed by atoms with van der Waals surface area (Å²) in [6.45, 7) is 1.45. The number of likely N-dealkylation sites (tertiary alicyclic amines) is 1. The summed E-state index contributed by atoms with van der Waals surface area (Å²) in [5.41, 5.74) is 0.500. The number of halogens is 2. The van der Waals surface area contributed by atoms with Gasteiger partial charge in [-0.3, -0.25) is 4.90 Å². The lowest BCUT2D eigenvalue weighted by Gasteiger charge is -2.35. The first kappa shape index (κ1) is 19.0. The molecule has 8 nitrogen and oxygen atoms in total. The number of aliphatic hydroxyl groups excluding tert-OH is 1. The summed E-state index contributed by atoms with van der Waals surface area (Å²) >= 11 is 0. The molecule has 3 heterocycles. The maximum absolute atomic E-state index is 13.4. The third-order valence-corrected chi connectivity index (χ3v) is 5.09. The second kappa shape index (κ2) is 7.59. The van der Waals surface area contributed by atoms with Crippen LogP contribution in [0.5, 0.6) is 5.88 Å². The van der Waals surface area contributed by atoms with Gasteiger partial charge in [0.15, 0.2) is 0 Å². The van der Waals surface area contributed by atoms with Gasteiger partial charge < -0.3 is 15.2 Å². The zero-order valence-corrected chi connectivity index (χ0v) is 15.7. The number of hydrogen-bond acceptors (Lipinski definition) is 7. The zero-order valence-electron chi connectivity index (χ0n) is 15.7. The Morgan fingerprint density at radius 1 is 1.29 bits per heavy atom. The number of nitrogens with one attached hydrogen (secondary N) is 1. The van der Waals surface area contributed by atoms with Crippen molar-refractivity contribution in [2.24, 2.45) is 0 Å². The molecule has 0 amide bonds. The van der Waals surface area contributed by atoms with E-state index < -0.39 is 5.92 Å². The minimum absolute atomic E-state index is 0.0552. The summed E-state index contributed by atoms with van der Waals surface area (Å²) in [4.78, 5) is 11.0. The van der Waals surface area contributed by atoms with Crippen molar-refractivity contribution >= 4 is 5.82 Å². The van der Waals surface area contributed by atoms with Crippen LogP contribution in [0.1, 0.15) is 31.4 Å². The van der Waals surface area contributed by atoms with Crippen LogP contribution in [-0.4, -0.2) is 68.0 Å². The van der Waals surface area contributed by atoms with Gasteiger partial charge in [0, 0.05) is 44.2 Å². The normalized spacial score (nSPS) is 20.7. The predicted octanol–water partition coefficient (Wildman–Crippen LogP) is 1.84. The lowest BCUT2D eigenvalue weighted by molar-refractivity contribution is -0.0361. The fourth-order valence-electron chi connectivity index (χ4n) is 3.49. The minimum Gasteiger partial charge on any atom is -0.471 e. The Bertz CT molecular complexity index is 814. The highest BCUT2D eigenvalue weighted by Gasteiger charge is 2.35. The van der Waals surface area contributed by atoms with E-state index in [2.05, 4.69) is 25.3 Å². The molecular formula is C18H24F2N6O2. The largest absolute Gasteiger partial charge is 0.471 e. The molecule has 0 radical (unpaired) electrons. The van der Waals surface area contributed by atoms with Gasteiger partial charge in [-0.05, 0) is 26.0 Å². The Morgan fingerprint density at radius 2 is 2.04 bits per heavy atom. The van der Waals surface area contributed by atoms with Gasteiger partial charge in [-0.2, -0.15) is 15.1 Å². The first-order valence-corrected chi connectivity index (χ1v) is 9.45. The van der Waals surface area contributed by atoms with Crippen LogP contribution in [0.4, 0.5) is 14.6 Å². The molecule has 28 heavy (non-hydrogen) atoms. The number of aromatic nitrogens is 4. The first-order valence-electron chi connectivity index (χ1n) is 9.45. The SMILES string of the molecule is CN1CC(Oc2cc(NC3CCC(F)(F)CC3)nc(-n3ccc(CO)n3)n2)C1. The average molecular weight is 394 g/mol. The number of rotatable bonds is 6. The number of alkyl halides is 2. The van der Waals surface area contributed by atoms with Gasteiger partial charge in [-0.1, -0.05) is 0 Å². The smallest absolute Gasteiger partial charge is 0.255 e. The molecule has 0 spiro atoms. The quantitative estimate of drug-likeness (QED) is 0.773. The maximum Gasteiger partial charge on any atom is 0.255 e. The molecule has 0 unspecified atom stereocenters. The third kappa shape index (κ3) is 4.39. The second-order valence-corrected chi connectivity index (χ2v) is 7.54. The first-order chi connectivity index (χ1) is 13.4. The number of anilines is 1. The predicted molar refractivity (Wildman–Crippen MR) is 97.8 cm³/mol. The molecular weight excluding hydrogens is 370 g/mol. The number of aliphatic hydroxyl groups is 1. The molecule has 2 N–H and O–H groups in total. The monoisotopic (exact) mass is 394 g/mol. The molecule has 0 aromatic carbocycles. The molecule has 0 atom stereocenters. The van der Waals surface area contributed by atoms with E-state index in [1.807, 2.05) is 7.05 Å². The standard InChI is InChI=1S/C18H24F2N6O2/c1-25-9-14(10-25)28-16-8-15(21-12-2-5-18(19,20)6-3-12)22-17(23-16)26-7-4-13(11-27)24-26/h4,7-8,12,14,27H,2-3,5-6,9-11H2,1H3,(H,21,22,23). The summed E-state index contributed by atoms with van der Waals surface area (Å²) in [6.07, 6.45) is 2.23. The molecule has 1 saturated carbocycles. The van der Waals surface area contributed by atoms with Gasteiger partial charge in [-0.25, -0.2) is 13.5 Å². The van der Waals surface area contributed by atoms with Gasteiger partial charge >= 0.3 is 0 Å². The third-order valence-electron chi connectivity index (χ3n) is 5.09. The van der Waals surface area contributed by atoms with Crippen LogP contribution in [0.25, 0.3) is 5.95 Å². The highest BCUT2D eigenvalue weighted by atomic mass is 19.3. The lowest BCUT2D eigenvalue weighted by atomic mass is 9.92. The van der Waals surface area contributed by atoms with Crippen molar-refractivity contribution < 1.29 is 18.6 Å². The van der Waals surface area contributed by atoms with Crippen molar-refractivity contribution in [2.45, 2.75) is 50.4 Å². The number of ether oxygens (including phenoxy) is 1. The molecule has 0 bridgehead atoms. The van der Waals surface area contributed by atoms with Gasteiger partial charge in [0.05, 0.1) is 12.3 Å². The van der Waals surface area contributed by atoms with E-state index in [1.54, 1.807) is 18.3 Å². The molecule has 1 aliphatic carbocycles. The lowest BCUT2D eigenvalue weighted by Crippen LogP contribution is -2.51. The summed E-state index contributed by atoms with van der Waals surface area (Å²) < 4.78 is 34.2. The van der Waals surface area contributed by atoms with Crippen molar-refractivity contribution in [3.05, 3.63) is 24.0 Å². The van der Waals surface area contributed by atoms with E-state index in [4.69, 9.17) is 4.74 Å². The van der Waals surface area contributed by atoms with E-state index in [0.717, 1.165) is 13.1 Å². The fourth-order valence-corrected chi connectivity index (χ4v) is 3.49. The van der Waals surface area contributed by atoms with E-state index in [0.29, 0.717) is 36.2 Å². The van der Waals surface area contributed by atoms with Crippen LogP contribution in [-0.2, 0) is 6.61 Å². The fraction of sp³-hybridized carbons (Fsp3) is 0.611. The molecule has 10 heteroatoms. The van der Waals surface area contributed by atoms with E-state index in [1.165, 1.54) is 4.68 Å². The van der Waals surface area contributed by atoms with Crippen molar-refractivity contribution in [3.8, 4) is 11.8 Å². The van der Waals surface area contributed by atoms with Crippen LogP contribution in [0.3, 0.4) is 0 Å². The minimum atomic E-state index is -2.57. The molecule has 4 rings (SSSR count). The van der Waals surface area contributed by atoms with Crippen molar-refractivity contribution in [1.82, 2.24) is 24.6 Å². The van der Waals surface area contributed by atoms with E-state index in [-0.39, 0.29) is 31.6 Å². The number of likely N-dealkylation sites (N-methyl/N-ethyl adjacent to an activating group) is 1. The van der Waals surface area contributed by atoms with Crippen LogP contribution >= 0.6 is 0 Å². The molecule has 2 aromatic heterocycles. The average Bonchev–Trinajstić information content (AvgIpc) is 3.11. The van der Waals surface area contributed by atoms with Crippen molar-refractivity contribution in [3.63, 3.8) is 0 Å². The van der Waals surface area contributed by atoms with E-state index >= 15 is 0 Å². The Hall–Kier alpha value is -2.33. The van der Waals surface area contributed by atoms with Gasteiger partial charge in [-0.15, -0.1) is 0 Å². The van der Waals surface area contributed by atoms with Crippen LogP contribution in [0.15, 0.2) is 18.3 Å². The maximum atomic E-state index is 13.4. The van der Waals surface area contributed by atoms with Gasteiger partial charge in [0.2, 0.25) is 11.8 Å². The van der Waals surface area contributed by atoms with E-state index in [9.17, 15) is 13.9 Å². The van der Waals surface area contributed by atoms with Crippen molar-refractivity contribution in [2.75, 3.05) is 25.5 Å². The van der Waals surface area contributed by atoms with Gasteiger partial charge in [0.25, 0.3) is 5.95 Å². The Morgan fingerprint density at radius 3 is 2.68 bits per heavy atom. The molecule has 2 aliphatic rings. The summed E-state index contributed by atoms with van der Waals surface area (Å²) in [6, 6.07) is 3.30. The molecule has 1 saturated heterocycles. The van der Waals surface area contributed by atoms with Crippen molar-refractivity contribution in [1.29, 1.82) is 0 Å². The van der Waals surface area contributed by atoms with Gasteiger partial charge in [0.1, 0.15) is 11.9 Å². The molecule has 2 aromatic rings. The zero-order chi connectivity index (χ0) is 19.7. The number of nitrogens with zero attached hydrogens (tertiary/aromatic N) is 5. The summed E-state index contributed by atoms with van der Waals surface area (Å²) in [5.74, 6) is -1.35. The topological polar surface area (TPSA) is 88.3 Å². The van der Waals surface area contributed by atoms with Crippen LogP contribution < -0.4 is 10.1 Å². The highest BCUT2D eigenvalue weighted by molar-refractivity contribution is 5.42. The molecule has 2 fully saturated rings. The summed E-state index contributed by atoms with van der Waals surface area (Å²) in [5, 5.41) is 16.7. The van der Waals surface area contributed by atoms with Crippen LogP contribution in [0, 0.1) is 0 Å². The highest BCUT2D eigenvalue weighted by Crippen LogP contribution is 2.34. The molecule has 152 valence electrons. The Kier molecular flexibility index (Phi) is 5.15. The molecule has 1 aliphatic heterocycles.